The van der Waals surface area contributed by atoms with Gasteiger partial charge in [0, 0.05) is 29.0 Å². The number of hydrogen-bond acceptors (Lipinski definition) is 6. The average Bonchev–Trinajstić information content (AvgIpc) is 2.63. The van der Waals surface area contributed by atoms with E-state index in [-0.39, 0.29) is 12.5 Å². The van der Waals surface area contributed by atoms with Crippen molar-refractivity contribution in [2.45, 2.75) is 0 Å². The number of hydrogen-bond donors (Lipinski definition) is 3. The molecule has 0 bridgehead atoms. The van der Waals surface area contributed by atoms with Crippen LogP contribution in [0.4, 0.5) is 17.5 Å². The SMILES string of the molecule is O=C(O)CNc1nc(Nc2cc(Cl)ccc2Cl)cc(-c2cccnc2)n1. The molecule has 0 saturated carbocycles. The molecule has 26 heavy (non-hydrogen) atoms. The Kier molecular flexibility index (Phi) is 5.50. The maximum atomic E-state index is 10.8. The predicted molar refractivity (Wildman–Crippen MR) is 101 cm³/mol. The second-order valence-corrected chi connectivity index (χ2v) is 6.04. The molecule has 1 aromatic carbocycles. The molecule has 3 N–H and O–H groups in total. The number of carbonyl (C=O) groups is 1. The van der Waals surface area contributed by atoms with Crippen LogP contribution in [-0.4, -0.2) is 32.6 Å². The summed E-state index contributed by atoms with van der Waals surface area (Å²) in [4.78, 5) is 23.5. The maximum absolute atomic E-state index is 10.8. The zero-order chi connectivity index (χ0) is 18.5. The highest BCUT2D eigenvalue weighted by molar-refractivity contribution is 6.35. The van der Waals surface area contributed by atoms with E-state index in [9.17, 15) is 4.79 Å². The molecule has 2 heterocycles. The fraction of sp³-hybridized carbons (Fsp3) is 0.0588. The van der Waals surface area contributed by atoms with Gasteiger partial charge in [-0.15, -0.1) is 0 Å². The highest BCUT2D eigenvalue weighted by Gasteiger charge is 2.10. The van der Waals surface area contributed by atoms with Crippen molar-refractivity contribution in [1.82, 2.24) is 15.0 Å². The zero-order valence-electron chi connectivity index (χ0n) is 13.3. The molecule has 0 aliphatic heterocycles. The predicted octanol–water partition coefficient (Wildman–Crippen LogP) is 4.09. The first-order valence-electron chi connectivity index (χ1n) is 7.48. The first-order valence-corrected chi connectivity index (χ1v) is 8.24. The van der Waals surface area contributed by atoms with Crippen molar-refractivity contribution < 1.29 is 9.90 Å². The van der Waals surface area contributed by atoms with E-state index in [0.29, 0.717) is 27.2 Å². The molecule has 0 spiro atoms. The fourth-order valence-corrected chi connectivity index (χ4v) is 2.48. The Labute approximate surface area is 159 Å². The number of nitrogens with zero attached hydrogens (tertiary/aromatic N) is 3. The van der Waals surface area contributed by atoms with Crippen LogP contribution in [0, 0.1) is 0 Å². The van der Waals surface area contributed by atoms with Gasteiger partial charge in [0.05, 0.1) is 16.4 Å². The van der Waals surface area contributed by atoms with Gasteiger partial charge in [-0.2, -0.15) is 4.98 Å². The van der Waals surface area contributed by atoms with Crippen molar-refractivity contribution in [2.24, 2.45) is 0 Å². The average molecular weight is 390 g/mol. The van der Waals surface area contributed by atoms with Crippen LogP contribution in [0.1, 0.15) is 0 Å². The lowest BCUT2D eigenvalue weighted by Gasteiger charge is -2.12. The lowest BCUT2D eigenvalue weighted by molar-refractivity contribution is -0.134. The quantitative estimate of drug-likeness (QED) is 0.583. The van der Waals surface area contributed by atoms with Crippen molar-refractivity contribution in [3.63, 3.8) is 0 Å². The minimum absolute atomic E-state index is 0.161. The van der Waals surface area contributed by atoms with E-state index in [2.05, 4.69) is 25.6 Å². The molecule has 0 unspecified atom stereocenters. The van der Waals surface area contributed by atoms with E-state index in [1.54, 1.807) is 42.7 Å². The molecule has 0 aliphatic rings. The number of halogens is 2. The lowest BCUT2D eigenvalue weighted by atomic mass is 10.2. The molecule has 132 valence electrons. The Balaban J connectivity index is 1.98. The van der Waals surface area contributed by atoms with Crippen LogP contribution in [0.25, 0.3) is 11.3 Å². The van der Waals surface area contributed by atoms with Crippen LogP contribution >= 0.6 is 23.2 Å². The number of aromatic nitrogens is 3. The maximum Gasteiger partial charge on any atom is 0.322 e. The molecule has 9 heteroatoms. The molecule has 0 radical (unpaired) electrons. The van der Waals surface area contributed by atoms with E-state index in [4.69, 9.17) is 28.3 Å². The smallest absolute Gasteiger partial charge is 0.322 e. The van der Waals surface area contributed by atoms with Crippen LogP contribution in [0.15, 0.2) is 48.8 Å². The summed E-state index contributed by atoms with van der Waals surface area (Å²) in [5.74, 6) is -0.432. The Morgan fingerprint density at radius 1 is 1.15 bits per heavy atom. The van der Waals surface area contributed by atoms with Gasteiger partial charge in [0.2, 0.25) is 5.95 Å². The standard InChI is InChI=1S/C17H13Cl2N5O2/c18-11-3-4-12(19)14(6-11)22-15-7-13(10-2-1-5-20-8-10)23-17(24-15)21-9-16(25)26/h1-8H,9H2,(H,25,26)(H2,21,22,23,24). The third-order valence-electron chi connectivity index (χ3n) is 3.27. The topological polar surface area (TPSA) is 100 Å². The second kappa shape index (κ2) is 7.99. The van der Waals surface area contributed by atoms with Gasteiger partial charge in [0.1, 0.15) is 12.4 Å². The Morgan fingerprint density at radius 2 is 2.00 bits per heavy atom. The minimum Gasteiger partial charge on any atom is -0.480 e. The first-order chi connectivity index (χ1) is 12.5. The summed E-state index contributed by atoms with van der Waals surface area (Å²) in [6.45, 7) is -0.312. The molecular weight excluding hydrogens is 377 g/mol. The van der Waals surface area contributed by atoms with Crippen molar-refractivity contribution >= 4 is 46.6 Å². The number of carboxylic acid groups (broad SMARTS) is 1. The van der Waals surface area contributed by atoms with Crippen molar-refractivity contribution in [1.29, 1.82) is 0 Å². The van der Waals surface area contributed by atoms with Gasteiger partial charge in [-0.1, -0.05) is 23.2 Å². The number of anilines is 3. The number of aliphatic carboxylic acids is 1. The van der Waals surface area contributed by atoms with Gasteiger partial charge in [-0.25, -0.2) is 4.98 Å². The molecule has 3 aromatic rings. The van der Waals surface area contributed by atoms with E-state index in [0.717, 1.165) is 5.56 Å². The first kappa shape index (κ1) is 17.9. The minimum atomic E-state index is -1.02. The Morgan fingerprint density at radius 3 is 2.73 bits per heavy atom. The summed E-state index contributed by atoms with van der Waals surface area (Å²) >= 11 is 12.2. The van der Waals surface area contributed by atoms with E-state index in [1.807, 2.05) is 6.07 Å². The van der Waals surface area contributed by atoms with Crippen molar-refractivity contribution in [3.8, 4) is 11.3 Å². The van der Waals surface area contributed by atoms with Gasteiger partial charge in [0.25, 0.3) is 0 Å². The zero-order valence-corrected chi connectivity index (χ0v) is 14.8. The van der Waals surface area contributed by atoms with Crippen LogP contribution in [-0.2, 0) is 4.79 Å². The fourth-order valence-electron chi connectivity index (χ4n) is 2.14. The largest absolute Gasteiger partial charge is 0.480 e. The molecule has 3 rings (SSSR count). The monoisotopic (exact) mass is 389 g/mol. The van der Waals surface area contributed by atoms with Gasteiger partial charge in [0.15, 0.2) is 0 Å². The third kappa shape index (κ3) is 4.59. The van der Waals surface area contributed by atoms with Gasteiger partial charge in [-0.05, 0) is 30.3 Å². The van der Waals surface area contributed by atoms with E-state index < -0.39 is 5.97 Å². The van der Waals surface area contributed by atoms with Crippen LogP contribution in [0.2, 0.25) is 10.0 Å². The van der Waals surface area contributed by atoms with E-state index in [1.165, 1.54) is 0 Å². The van der Waals surface area contributed by atoms with Crippen molar-refractivity contribution in [2.75, 3.05) is 17.2 Å². The molecule has 0 atom stereocenters. The number of nitrogens with one attached hydrogen (secondary N) is 2. The van der Waals surface area contributed by atoms with Gasteiger partial charge in [-0.3, -0.25) is 9.78 Å². The summed E-state index contributed by atoms with van der Waals surface area (Å²) in [6, 6.07) is 10.3. The number of benzene rings is 1. The summed E-state index contributed by atoms with van der Waals surface area (Å²) in [7, 11) is 0. The molecular formula is C17H13Cl2N5O2. The van der Waals surface area contributed by atoms with Crippen LogP contribution < -0.4 is 10.6 Å². The molecule has 2 aromatic heterocycles. The highest BCUT2D eigenvalue weighted by Crippen LogP contribution is 2.29. The number of carboxylic acids is 1. The highest BCUT2D eigenvalue weighted by atomic mass is 35.5. The Bertz CT molecular complexity index is 938. The Hall–Kier alpha value is -2.90. The summed E-state index contributed by atoms with van der Waals surface area (Å²) in [5.41, 5.74) is 1.90. The molecule has 0 amide bonds. The van der Waals surface area contributed by atoms with E-state index >= 15 is 0 Å². The molecule has 0 aliphatic carbocycles. The lowest BCUT2D eigenvalue weighted by Crippen LogP contribution is -2.15. The van der Waals surface area contributed by atoms with Gasteiger partial charge >= 0.3 is 5.97 Å². The molecule has 0 fully saturated rings. The number of pyridine rings is 1. The van der Waals surface area contributed by atoms with Crippen molar-refractivity contribution in [3.05, 3.63) is 58.8 Å². The number of rotatable bonds is 6. The van der Waals surface area contributed by atoms with Crippen LogP contribution in [0.5, 0.6) is 0 Å². The normalized spacial score (nSPS) is 10.4. The summed E-state index contributed by atoms with van der Waals surface area (Å²) in [6.07, 6.45) is 3.30. The summed E-state index contributed by atoms with van der Waals surface area (Å²) in [5, 5.41) is 15.6. The second-order valence-electron chi connectivity index (χ2n) is 5.20. The molecule has 7 nitrogen and oxygen atoms in total. The van der Waals surface area contributed by atoms with Crippen LogP contribution in [0.3, 0.4) is 0 Å². The summed E-state index contributed by atoms with van der Waals surface area (Å²) < 4.78 is 0. The third-order valence-corrected chi connectivity index (χ3v) is 3.84. The molecule has 0 saturated heterocycles. The van der Waals surface area contributed by atoms with Gasteiger partial charge < -0.3 is 15.7 Å².